The molecule has 0 aliphatic heterocycles. The van der Waals surface area contributed by atoms with Crippen LogP contribution in [-0.2, 0) is 21.3 Å². The van der Waals surface area contributed by atoms with Gasteiger partial charge in [-0.05, 0) is 49.2 Å². The van der Waals surface area contributed by atoms with E-state index in [9.17, 15) is 12.8 Å². The fraction of sp³-hybridized carbons (Fsp3) is 0.250. The molecular weight excluding hydrogens is 369 g/mol. The maximum atomic E-state index is 13.2. The number of rotatable bonds is 5. The molecule has 118 valence electrons. The molecule has 2 rings (SSSR count). The van der Waals surface area contributed by atoms with Crippen molar-refractivity contribution in [3.8, 4) is 0 Å². The van der Waals surface area contributed by atoms with Crippen molar-refractivity contribution in [2.24, 2.45) is 0 Å². The van der Waals surface area contributed by atoms with E-state index in [1.165, 1.54) is 18.2 Å². The van der Waals surface area contributed by atoms with E-state index in [4.69, 9.17) is 0 Å². The lowest BCUT2D eigenvalue weighted by atomic mass is 9.96. The van der Waals surface area contributed by atoms with Crippen LogP contribution in [0, 0.1) is 5.82 Å². The van der Waals surface area contributed by atoms with Crippen LogP contribution in [0.15, 0.2) is 53.0 Å². The zero-order valence-electron chi connectivity index (χ0n) is 12.3. The molecule has 0 saturated carbocycles. The zero-order valence-corrected chi connectivity index (χ0v) is 14.7. The molecule has 0 saturated heterocycles. The largest absolute Gasteiger partial charge is 0.216 e. The maximum absolute atomic E-state index is 13.2. The van der Waals surface area contributed by atoms with Crippen LogP contribution in [0.25, 0.3) is 0 Å². The van der Waals surface area contributed by atoms with Crippen molar-refractivity contribution in [1.82, 2.24) is 4.72 Å². The van der Waals surface area contributed by atoms with E-state index in [-0.39, 0.29) is 5.75 Å². The first-order valence-corrected chi connectivity index (χ1v) is 9.15. The number of nitrogens with one attached hydrogen (secondary N) is 1. The van der Waals surface area contributed by atoms with Gasteiger partial charge < -0.3 is 0 Å². The van der Waals surface area contributed by atoms with Crippen molar-refractivity contribution >= 4 is 26.0 Å². The molecule has 0 aliphatic rings. The topological polar surface area (TPSA) is 46.2 Å². The van der Waals surface area contributed by atoms with Crippen molar-refractivity contribution in [1.29, 1.82) is 0 Å². The van der Waals surface area contributed by atoms with Gasteiger partial charge in [0.05, 0.1) is 11.3 Å². The Morgan fingerprint density at radius 3 is 2.36 bits per heavy atom. The van der Waals surface area contributed by atoms with Gasteiger partial charge in [0, 0.05) is 4.47 Å². The highest BCUT2D eigenvalue weighted by molar-refractivity contribution is 9.10. The summed E-state index contributed by atoms with van der Waals surface area (Å²) in [7, 11) is -3.60. The number of hydrogen-bond acceptors (Lipinski definition) is 2. The summed E-state index contributed by atoms with van der Waals surface area (Å²) in [6.45, 7) is 3.58. The first-order valence-electron chi connectivity index (χ1n) is 6.70. The minimum atomic E-state index is -3.60. The van der Waals surface area contributed by atoms with Crippen LogP contribution >= 0.6 is 15.9 Å². The number of halogens is 2. The second-order valence-corrected chi connectivity index (χ2v) is 8.26. The SMILES string of the molecule is CC(C)(NS(=O)(=O)Cc1cccc(F)c1)c1ccc(Br)cc1. The molecule has 0 bridgehead atoms. The molecule has 0 heterocycles. The van der Waals surface area contributed by atoms with E-state index in [0.29, 0.717) is 5.56 Å². The first kappa shape index (κ1) is 17.1. The minimum absolute atomic E-state index is 0.259. The van der Waals surface area contributed by atoms with E-state index in [2.05, 4.69) is 20.7 Å². The van der Waals surface area contributed by atoms with Crippen molar-refractivity contribution in [2.45, 2.75) is 25.1 Å². The number of sulfonamides is 1. The van der Waals surface area contributed by atoms with Crippen LogP contribution in [0.4, 0.5) is 4.39 Å². The summed E-state index contributed by atoms with van der Waals surface area (Å²) >= 11 is 3.35. The minimum Gasteiger partial charge on any atom is -0.212 e. The molecule has 0 unspecified atom stereocenters. The van der Waals surface area contributed by atoms with Crippen LogP contribution in [0.5, 0.6) is 0 Å². The van der Waals surface area contributed by atoms with E-state index in [0.717, 1.165) is 10.0 Å². The fourth-order valence-corrected chi connectivity index (χ4v) is 4.05. The lowest BCUT2D eigenvalue weighted by Gasteiger charge is -2.26. The summed E-state index contributed by atoms with van der Waals surface area (Å²) in [5.41, 5.74) is 0.505. The summed E-state index contributed by atoms with van der Waals surface area (Å²) in [6, 6.07) is 13.0. The molecule has 2 aromatic rings. The molecule has 0 fully saturated rings. The Balaban J connectivity index is 2.18. The number of benzene rings is 2. The van der Waals surface area contributed by atoms with E-state index < -0.39 is 21.4 Å². The highest BCUT2D eigenvalue weighted by Crippen LogP contribution is 2.23. The van der Waals surface area contributed by atoms with Gasteiger partial charge in [0.25, 0.3) is 0 Å². The molecule has 0 amide bonds. The van der Waals surface area contributed by atoms with E-state index in [1.807, 2.05) is 24.3 Å². The predicted molar refractivity (Wildman–Crippen MR) is 89.3 cm³/mol. The molecule has 3 nitrogen and oxygen atoms in total. The molecule has 0 aliphatic carbocycles. The van der Waals surface area contributed by atoms with Crippen molar-refractivity contribution < 1.29 is 12.8 Å². The molecule has 0 aromatic heterocycles. The molecule has 22 heavy (non-hydrogen) atoms. The smallest absolute Gasteiger partial charge is 0.212 e. The molecule has 0 atom stereocenters. The summed E-state index contributed by atoms with van der Waals surface area (Å²) < 4.78 is 41.4. The van der Waals surface area contributed by atoms with Crippen molar-refractivity contribution in [2.75, 3.05) is 0 Å². The van der Waals surface area contributed by atoms with Crippen LogP contribution in [-0.4, -0.2) is 8.42 Å². The van der Waals surface area contributed by atoms with Gasteiger partial charge in [-0.3, -0.25) is 0 Å². The number of hydrogen-bond donors (Lipinski definition) is 1. The lowest BCUT2D eigenvalue weighted by Crippen LogP contribution is -2.41. The predicted octanol–water partition coefficient (Wildman–Crippen LogP) is 3.94. The Kier molecular flexibility index (Phi) is 5.04. The van der Waals surface area contributed by atoms with E-state index >= 15 is 0 Å². The van der Waals surface area contributed by atoms with Crippen molar-refractivity contribution in [3.05, 3.63) is 69.9 Å². The Hall–Kier alpha value is -1.24. The van der Waals surface area contributed by atoms with Gasteiger partial charge in [-0.2, -0.15) is 0 Å². The van der Waals surface area contributed by atoms with Crippen LogP contribution in [0.3, 0.4) is 0 Å². The highest BCUT2D eigenvalue weighted by Gasteiger charge is 2.26. The maximum Gasteiger partial charge on any atom is 0.216 e. The second-order valence-electron chi connectivity index (χ2n) is 5.62. The van der Waals surface area contributed by atoms with Crippen LogP contribution < -0.4 is 4.72 Å². The first-order chi connectivity index (χ1) is 10.2. The molecular formula is C16H17BrFNO2S. The quantitative estimate of drug-likeness (QED) is 0.846. The summed E-state index contributed by atoms with van der Waals surface area (Å²) in [5.74, 6) is -0.704. The second kappa shape index (κ2) is 6.48. The fourth-order valence-electron chi connectivity index (χ4n) is 2.20. The third-order valence-corrected chi connectivity index (χ3v) is 5.29. The van der Waals surface area contributed by atoms with Crippen LogP contribution in [0.2, 0.25) is 0 Å². The molecule has 0 spiro atoms. The van der Waals surface area contributed by atoms with Gasteiger partial charge in [0.2, 0.25) is 10.0 Å². The van der Waals surface area contributed by atoms with Crippen molar-refractivity contribution in [3.63, 3.8) is 0 Å². The zero-order chi connectivity index (χ0) is 16.4. The third-order valence-electron chi connectivity index (χ3n) is 3.22. The van der Waals surface area contributed by atoms with Crippen LogP contribution in [0.1, 0.15) is 25.0 Å². The monoisotopic (exact) mass is 385 g/mol. The molecule has 1 N–H and O–H groups in total. The molecule has 0 radical (unpaired) electrons. The Morgan fingerprint density at radius 1 is 1.14 bits per heavy atom. The molecule has 6 heteroatoms. The average Bonchev–Trinajstić information content (AvgIpc) is 2.37. The normalized spacial score (nSPS) is 12.4. The molecule has 2 aromatic carbocycles. The van der Waals surface area contributed by atoms with E-state index in [1.54, 1.807) is 19.9 Å². The average molecular weight is 386 g/mol. The standard InChI is InChI=1S/C16H17BrFNO2S/c1-16(2,13-6-8-14(17)9-7-13)19-22(20,21)11-12-4-3-5-15(18)10-12/h3-10,19H,11H2,1-2H3. The van der Waals surface area contributed by atoms with Gasteiger partial charge in [0.1, 0.15) is 5.82 Å². The Morgan fingerprint density at radius 2 is 1.77 bits per heavy atom. The van der Waals surface area contributed by atoms with Gasteiger partial charge in [-0.25, -0.2) is 17.5 Å². The van der Waals surface area contributed by atoms with Gasteiger partial charge in [0.15, 0.2) is 0 Å². The van der Waals surface area contributed by atoms with Gasteiger partial charge in [-0.15, -0.1) is 0 Å². The summed E-state index contributed by atoms with van der Waals surface area (Å²) in [5, 5.41) is 0. The Labute approximate surface area is 138 Å². The Bertz CT molecular complexity index is 758. The highest BCUT2D eigenvalue weighted by atomic mass is 79.9. The third kappa shape index (κ3) is 4.63. The van der Waals surface area contributed by atoms with Gasteiger partial charge >= 0.3 is 0 Å². The van der Waals surface area contributed by atoms with Gasteiger partial charge in [-0.1, -0.05) is 40.2 Å². The summed E-state index contributed by atoms with van der Waals surface area (Å²) in [6.07, 6.45) is 0. The summed E-state index contributed by atoms with van der Waals surface area (Å²) in [4.78, 5) is 0. The lowest BCUT2D eigenvalue weighted by molar-refractivity contribution is 0.471.